The summed E-state index contributed by atoms with van der Waals surface area (Å²) in [5, 5.41) is 2.79. The summed E-state index contributed by atoms with van der Waals surface area (Å²) in [7, 11) is 0. The summed E-state index contributed by atoms with van der Waals surface area (Å²) < 4.78 is 0. The summed E-state index contributed by atoms with van der Waals surface area (Å²) in [5.41, 5.74) is 2.80. The third kappa shape index (κ3) is 3.24. The molecule has 1 N–H and O–H groups in total. The number of carbonyl (C=O) groups is 3. The van der Waals surface area contributed by atoms with Crippen LogP contribution in [0.2, 0.25) is 0 Å². The molecule has 4 amide bonds. The van der Waals surface area contributed by atoms with E-state index in [1.165, 1.54) is 16.7 Å². The number of imide groups is 1. The molecule has 1 aromatic carbocycles. The number of hydrogen-bond acceptors (Lipinski definition) is 3. The lowest BCUT2D eigenvalue weighted by atomic mass is 9.96. The van der Waals surface area contributed by atoms with Crippen molar-refractivity contribution in [2.45, 2.75) is 38.6 Å². The van der Waals surface area contributed by atoms with Crippen molar-refractivity contribution >= 4 is 23.4 Å². The first kappa shape index (κ1) is 17.8. The number of rotatable bonds is 4. The monoisotopic (exact) mass is 367 g/mol. The van der Waals surface area contributed by atoms with Crippen molar-refractivity contribution < 1.29 is 14.4 Å². The lowest BCUT2D eigenvalue weighted by molar-refractivity contribution is -0.138. The summed E-state index contributed by atoms with van der Waals surface area (Å²) in [6.07, 6.45) is 4.73. The number of amides is 4. The number of nitrogens with one attached hydrogen (secondary N) is 1. The van der Waals surface area contributed by atoms with Gasteiger partial charge in [0.15, 0.2) is 0 Å². The molecule has 0 spiro atoms. The number of hydrogen-bond donors (Lipinski definition) is 1. The lowest BCUT2D eigenvalue weighted by Crippen LogP contribution is -2.47. The van der Waals surface area contributed by atoms with Gasteiger partial charge < -0.3 is 10.2 Å². The van der Waals surface area contributed by atoms with Gasteiger partial charge in [-0.25, -0.2) is 4.79 Å². The van der Waals surface area contributed by atoms with Crippen LogP contribution in [0.5, 0.6) is 0 Å². The van der Waals surface area contributed by atoms with Crippen molar-refractivity contribution in [3.63, 3.8) is 0 Å². The van der Waals surface area contributed by atoms with Crippen LogP contribution in [0, 0.1) is 12.8 Å². The Morgan fingerprint density at radius 1 is 1.22 bits per heavy atom. The van der Waals surface area contributed by atoms with Gasteiger partial charge in [0.1, 0.15) is 12.1 Å². The molecule has 6 heteroatoms. The van der Waals surface area contributed by atoms with Crippen LogP contribution in [0.4, 0.5) is 4.79 Å². The van der Waals surface area contributed by atoms with E-state index in [0.29, 0.717) is 13.1 Å². The van der Waals surface area contributed by atoms with Gasteiger partial charge in [-0.15, -0.1) is 0 Å². The molecule has 1 saturated heterocycles. The van der Waals surface area contributed by atoms with Gasteiger partial charge in [-0.3, -0.25) is 14.5 Å². The van der Waals surface area contributed by atoms with Crippen molar-refractivity contribution in [3.05, 3.63) is 41.5 Å². The van der Waals surface area contributed by atoms with Crippen molar-refractivity contribution in [3.8, 4) is 0 Å². The normalized spacial score (nSPS) is 25.5. The van der Waals surface area contributed by atoms with E-state index in [9.17, 15) is 14.4 Å². The molecule has 6 nitrogen and oxygen atoms in total. The van der Waals surface area contributed by atoms with E-state index >= 15 is 0 Å². The first-order valence-corrected chi connectivity index (χ1v) is 9.56. The van der Waals surface area contributed by atoms with Crippen LogP contribution in [0.1, 0.15) is 37.3 Å². The Kier molecular flexibility index (Phi) is 4.29. The van der Waals surface area contributed by atoms with Crippen LogP contribution < -0.4 is 5.32 Å². The Labute approximate surface area is 159 Å². The van der Waals surface area contributed by atoms with Crippen molar-refractivity contribution in [1.29, 1.82) is 0 Å². The summed E-state index contributed by atoms with van der Waals surface area (Å²) >= 11 is 0. The smallest absolute Gasteiger partial charge is 0.325 e. The van der Waals surface area contributed by atoms with Gasteiger partial charge in [-0.1, -0.05) is 35.9 Å². The van der Waals surface area contributed by atoms with Crippen LogP contribution in [0.25, 0.3) is 5.57 Å². The van der Waals surface area contributed by atoms with Crippen molar-refractivity contribution in [2.75, 3.05) is 19.6 Å². The van der Waals surface area contributed by atoms with Gasteiger partial charge in [0.05, 0.1) is 0 Å². The molecule has 4 rings (SSSR count). The molecule has 1 aromatic rings. The fraction of sp³-hybridized carbons (Fsp3) is 0.476. The maximum absolute atomic E-state index is 12.7. The molecule has 1 atom stereocenters. The fourth-order valence-corrected chi connectivity index (χ4v) is 3.96. The highest BCUT2D eigenvalue weighted by Gasteiger charge is 2.56. The van der Waals surface area contributed by atoms with E-state index in [-0.39, 0.29) is 24.3 Å². The van der Waals surface area contributed by atoms with E-state index in [0.717, 1.165) is 24.2 Å². The summed E-state index contributed by atoms with van der Waals surface area (Å²) in [6.45, 7) is 4.75. The summed E-state index contributed by atoms with van der Waals surface area (Å²) in [5.74, 6) is -0.252. The molecule has 0 radical (unpaired) electrons. The Morgan fingerprint density at radius 3 is 2.52 bits per heavy atom. The fourth-order valence-electron chi connectivity index (χ4n) is 3.96. The Morgan fingerprint density at radius 2 is 1.93 bits per heavy atom. The maximum atomic E-state index is 12.7. The maximum Gasteiger partial charge on any atom is 0.325 e. The molecule has 1 unspecified atom stereocenters. The highest BCUT2D eigenvalue weighted by atomic mass is 16.2. The van der Waals surface area contributed by atoms with Crippen LogP contribution in [-0.2, 0) is 9.59 Å². The number of benzene rings is 1. The zero-order valence-electron chi connectivity index (χ0n) is 15.8. The van der Waals surface area contributed by atoms with Gasteiger partial charge in [-0.2, -0.15) is 0 Å². The highest BCUT2D eigenvalue weighted by molar-refractivity contribution is 6.09. The molecule has 3 aliphatic rings. The standard InChI is InChI=1S/C21H25N3O3/c1-14-3-5-15(6-4-14)16-9-11-23(12-10-16)18(25)13-24-19(26)21(2,17-7-8-17)22-20(24)27/h3-6,9,17H,7-8,10-13H2,1-2H3,(H,22,27). The van der Waals surface area contributed by atoms with E-state index in [4.69, 9.17) is 0 Å². The summed E-state index contributed by atoms with van der Waals surface area (Å²) in [4.78, 5) is 40.3. The van der Waals surface area contributed by atoms with Crippen LogP contribution >= 0.6 is 0 Å². The topological polar surface area (TPSA) is 69.7 Å². The number of nitrogens with zero attached hydrogens (tertiary/aromatic N) is 2. The minimum absolute atomic E-state index is 0.180. The third-order valence-electron chi connectivity index (χ3n) is 5.97. The number of carbonyl (C=O) groups excluding carboxylic acids is 3. The lowest BCUT2D eigenvalue weighted by Gasteiger charge is -2.28. The molecule has 0 aromatic heterocycles. The van der Waals surface area contributed by atoms with Gasteiger partial charge in [-0.05, 0) is 50.2 Å². The average Bonchev–Trinajstić information content (AvgIpc) is 3.48. The molecule has 1 saturated carbocycles. The predicted octanol–water partition coefficient (Wildman–Crippen LogP) is 2.33. The van der Waals surface area contributed by atoms with E-state index in [1.54, 1.807) is 11.8 Å². The average molecular weight is 367 g/mol. The Hall–Kier alpha value is -2.63. The summed E-state index contributed by atoms with van der Waals surface area (Å²) in [6, 6.07) is 7.93. The molecule has 2 aliphatic heterocycles. The zero-order chi connectivity index (χ0) is 19.2. The van der Waals surface area contributed by atoms with Crippen LogP contribution in [-0.4, -0.2) is 52.8 Å². The Bertz CT molecular complexity index is 826. The zero-order valence-corrected chi connectivity index (χ0v) is 15.8. The molecular formula is C21H25N3O3. The Balaban J connectivity index is 1.39. The van der Waals surface area contributed by atoms with Crippen LogP contribution in [0.3, 0.4) is 0 Å². The first-order chi connectivity index (χ1) is 12.9. The SMILES string of the molecule is Cc1ccc(C2=CCN(C(=O)CN3C(=O)NC(C)(C4CC4)C3=O)CC2)cc1. The van der Waals surface area contributed by atoms with Crippen molar-refractivity contribution in [2.24, 2.45) is 5.92 Å². The molecule has 2 fully saturated rings. The number of aryl methyl sites for hydroxylation is 1. The molecule has 1 aliphatic carbocycles. The van der Waals surface area contributed by atoms with E-state index in [1.807, 2.05) is 0 Å². The largest absolute Gasteiger partial charge is 0.337 e. The van der Waals surface area contributed by atoms with E-state index < -0.39 is 11.6 Å². The third-order valence-corrected chi connectivity index (χ3v) is 5.97. The predicted molar refractivity (Wildman–Crippen MR) is 102 cm³/mol. The van der Waals surface area contributed by atoms with Gasteiger partial charge in [0.2, 0.25) is 5.91 Å². The number of urea groups is 1. The first-order valence-electron chi connectivity index (χ1n) is 9.56. The van der Waals surface area contributed by atoms with Gasteiger partial charge in [0.25, 0.3) is 5.91 Å². The quantitative estimate of drug-likeness (QED) is 0.831. The highest BCUT2D eigenvalue weighted by Crippen LogP contribution is 2.42. The molecule has 2 heterocycles. The van der Waals surface area contributed by atoms with Gasteiger partial charge in [0, 0.05) is 13.1 Å². The minimum atomic E-state index is -0.836. The molecule has 27 heavy (non-hydrogen) atoms. The second kappa shape index (κ2) is 6.51. The second-order valence-corrected chi connectivity index (χ2v) is 7.98. The van der Waals surface area contributed by atoms with Crippen LogP contribution in [0.15, 0.2) is 30.3 Å². The molecular weight excluding hydrogens is 342 g/mol. The molecule has 142 valence electrons. The minimum Gasteiger partial charge on any atom is -0.337 e. The molecule has 0 bridgehead atoms. The van der Waals surface area contributed by atoms with E-state index in [2.05, 4.69) is 42.6 Å². The van der Waals surface area contributed by atoms with Gasteiger partial charge >= 0.3 is 6.03 Å². The van der Waals surface area contributed by atoms with Crippen molar-refractivity contribution in [1.82, 2.24) is 15.1 Å². The second-order valence-electron chi connectivity index (χ2n) is 7.98.